The van der Waals surface area contributed by atoms with Crippen molar-refractivity contribution in [1.29, 1.82) is 5.41 Å². The van der Waals surface area contributed by atoms with Crippen molar-refractivity contribution in [2.45, 2.75) is 154 Å². The Morgan fingerprint density at radius 1 is 0.770 bits per heavy atom. The molecule has 2 aromatic rings. The van der Waals surface area contributed by atoms with E-state index in [1.54, 1.807) is 29.2 Å². The van der Waals surface area contributed by atoms with Crippen LogP contribution >= 0.6 is 0 Å². The summed E-state index contributed by atoms with van der Waals surface area (Å²) in [5, 5.41) is 32.6. The number of nitrogens with two attached hydrogens (primary N) is 2. The molecule has 2 unspecified atom stereocenters. The van der Waals surface area contributed by atoms with Gasteiger partial charge in [0.15, 0.2) is 12.4 Å². The zero-order valence-electron chi connectivity index (χ0n) is 42.5. The maximum Gasteiger partial charge on any atom is 0.490 e. The fourth-order valence-electron chi connectivity index (χ4n) is 8.72. The lowest BCUT2D eigenvalue weighted by Gasteiger charge is -2.35. The number of carbonyl (C=O) groups excluding carboxylic acids is 7. The molecular weight excluding hydrogens is 989 g/mol. The lowest BCUT2D eigenvalue weighted by Crippen LogP contribution is -2.60. The highest BCUT2D eigenvalue weighted by Gasteiger charge is 2.41. The van der Waals surface area contributed by atoms with E-state index in [9.17, 15) is 55.1 Å². The van der Waals surface area contributed by atoms with Gasteiger partial charge in [-0.2, -0.15) is 26.3 Å². The Morgan fingerprint density at radius 3 is 1.77 bits per heavy atom. The van der Waals surface area contributed by atoms with Crippen molar-refractivity contribution >= 4 is 53.2 Å². The predicted octanol–water partition coefficient (Wildman–Crippen LogP) is 2.33. The molecule has 9 N–H and O–H groups in total. The molecule has 1 aliphatic carbocycles. The van der Waals surface area contributed by atoms with Crippen molar-refractivity contribution < 1.29 is 79.5 Å². The Morgan fingerprint density at radius 2 is 1.31 bits per heavy atom. The molecule has 4 rings (SSSR count). The third kappa shape index (κ3) is 20.2. The van der Waals surface area contributed by atoms with E-state index in [-0.39, 0.29) is 48.5 Å². The standard InChI is InChI=1S/C45H67N9O6.2C2HF3O2/c1-27(2)23-36(45(60)53-22-12-16-37(53)40(48)55)50-42(57)35(25-31-13-11-21-52(7)26-31)49-43(58)38(32-14-9-8-10-15-32)51-41(56)34(44(59)54(28(3)4)29(5)6)24-30-17-19-33(20-18-30)39(46)47;2*3-2(4,5)1(6)7/h11,13,17-21,26-29,32,34-38H,8-10,12,14-16,22-25H2,1-7H3,(H7-,46,47,48,49,50,51,55,56,57,58);2*(H,6,7)/t34-,35?,36?,37-,38-;;/m0../s1. The Hall–Kier alpha value is -6.82. The number of hydrogen-bond acceptors (Lipinski definition) is 10. The number of halogens is 6. The highest BCUT2D eigenvalue weighted by atomic mass is 19.4. The van der Waals surface area contributed by atoms with Crippen molar-refractivity contribution in [2.75, 3.05) is 6.54 Å². The average molecular weight is 1060 g/mol. The van der Waals surface area contributed by atoms with Crippen LogP contribution in [-0.4, -0.2) is 123 Å². The summed E-state index contributed by atoms with van der Waals surface area (Å²) >= 11 is 0. The number of alkyl halides is 6. The zero-order valence-corrected chi connectivity index (χ0v) is 42.5. The number of nitrogen functional groups attached to an aromatic ring is 1. The number of carbonyl (C=O) groups is 8. The summed E-state index contributed by atoms with van der Waals surface area (Å²) in [6, 6.07) is 6.17. The van der Waals surface area contributed by atoms with Crippen LogP contribution in [0.2, 0.25) is 0 Å². The third-order valence-electron chi connectivity index (χ3n) is 12.1. The van der Waals surface area contributed by atoms with E-state index < -0.39 is 83.9 Å². The van der Waals surface area contributed by atoms with Gasteiger partial charge in [0, 0.05) is 42.2 Å². The second-order valence-electron chi connectivity index (χ2n) is 19.2. The fourth-order valence-corrected chi connectivity index (χ4v) is 8.72. The molecule has 1 saturated heterocycles. The van der Waals surface area contributed by atoms with E-state index in [0.717, 1.165) is 24.8 Å². The van der Waals surface area contributed by atoms with Gasteiger partial charge in [-0.1, -0.05) is 57.4 Å². The zero-order chi connectivity index (χ0) is 56.4. The molecule has 2 fully saturated rings. The van der Waals surface area contributed by atoms with Crippen LogP contribution in [0, 0.1) is 23.2 Å². The van der Waals surface area contributed by atoms with E-state index in [2.05, 4.69) is 16.0 Å². The van der Waals surface area contributed by atoms with E-state index in [0.29, 0.717) is 49.8 Å². The van der Waals surface area contributed by atoms with Gasteiger partial charge >= 0.3 is 18.3 Å². The number of nitrogens with zero attached hydrogens (tertiary/aromatic N) is 3. The minimum Gasteiger partial charge on any atom is -0.542 e. The van der Waals surface area contributed by atoms with Gasteiger partial charge in [0.2, 0.25) is 35.4 Å². The molecule has 412 valence electrons. The molecule has 25 heteroatoms. The molecule has 1 aromatic heterocycles. The van der Waals surface area contributed by atoms with E-state index in [1.807, 2.05) is 77.7 Å². The second kappa shape index (κ2) is 28.6. The SMILES string of the molecule is CC(C)CC(NC(=O)C(Cc1ccc[n+](C)c1)NC(=O)[C@@H](NC(=O)[C@H](Cc1ccc(C(=N)N)cc1)C(=O)N(C(C)C)C(C)C)C1CCCCC1)C(=O)N1CCC[C@H]1C(N)=O.O=C(O)C(F)(F)F.O=C([O-])C(F)(F)F. The predicted molar refractivity (Wildman–Crippen MR) is 254 cm³/mol. The third-order valence-corrected chi connectivity index (χ3v) is 12.1. The number of likely N-dealkylation sites (tertiary alicyclic amines) is 1. The maximum absolute atomic E-state index is 14.7. The number of primary amides is 1. The highest BCUT2D eigenvalue weighted by molar-refractivity contribution is 6.03. The number of carboxylic acid groups (broad SMARTS) is 2. The summed E-state index contributed by atoms with van der Waals surface area (Å²) in [5.74, 6) is -10.4. The van der Waals surface area contributed by atoms with Crippen LogP contribution in [0.5, 0.6) is 0 Å². The van der Waals surface area contributed by atoms with Gasteiger partial charge in [-0.05, 0) is 89.7 Å². The molecule has 0 bridgehead atoms. The molecule has 74 heavy (non-hydrogen) atoms. The van der Waals surface area contributed by atoms with Gasteiger partial charge in [0.05, 0.1) is 0 Å². The van der Waals surface area contributed by atoms with E-state index >= 15 is 0 Å². The number of hydrogen-bond donors (Lipinski definition) is 7. The number of benzene rings is 1. The number of amidine groups is 1. The largest absolute Gasteiger partial charge is 0.542 e. The molecule has 6 amide bonds. The van der Waals surface area contributed by atoms with Crippen LogP contribution in [0.15, 0.2) is 48.8 Å². The number of aromatic nitrogens is 1. The molecule has 0 spiro atoms. The number of pyridine rings is 1. The van der Waals surface area contributed by atoms with Gasteiger partial charge in [0.1, 0.15) is 48.9 Å². The van der Waals surface area contributed by atoms with Crippen molar-refractivity contribution in [1.82, 2.24) is 25.8 Å². The number of amides is 6. The van der Waals surface area contributed by atoms with Crippen LogP contribution in [-0.2, 0) is 58.2 Å². The van der Waals surface area contributed by atoms with Crippen molar-refractivity contribution in [2.24, 2.45) is 36.3 Å². The summed E-state index contributed by atoms with van der Waals surface area (Å²) in [5.41, 5.74) is 13.3. The number of carboxylic acids is 2. The number of aliphatic carboxylic acids is 2. The lowest BCUT2D eigenvalue weighted by atomic mass is 9.83. The molecule has 1 saturated carbocycles. The normalized spacial score (nSPS) is 16.5. The number of nitrogens with one attached hydrogen (secondary N) is 4. The van der Waals surface area contributed by atoms with E-state index in [4.69, 9.17) is 36.7 Å². The number of aryl methyl sites for hydroxylation is 1. The lowest BCUT2D eigenvalue weighted by molar-refractivity contribution is -0.671. The summed E-state index contributed by atoms with van der Waals surface area (Å²) in [6.45, 7) is 11.8. The maximum atomic E-state index is 14.7. The van der Waals surface area contributed by atoms with Gasteiger partial charge in [-0.15, -0.1) is 0 Å². The molecular formula is C49H69F6N9O10. The van der Waals surface area contributed by atoms with Crippen LogP contribution in [0.25, 0.3) is 0 Å². The first kappa shape index (κ1) is 63.3. The molecule has 19 nitrogen and oxygen atoms in total. The minimum atomic E-state index is -5.19. The van der Waals surface area contributed by atoms with Gasteiger partial charge < -0.3 is 52.2 Å². The smallest absolute Gasteiger partial charge is 0.490 e. The van der Waals surface area contributed by atoms with Crippen LogP contribution in [0.1, 0.15) is 110 Å². The monoisotopic (exact) mass is 1060 g/mol. The number of rotatable bonds is 19. The minimum absolute atomic E-state index is 0.00559. The Bertz CT molecular complexity index is 2240. The molecule has 5 atom stereocenters. The fraction of sp³-hybridized carbons (Fsp3) is 0.592. The highest BCUT2D eigenvalue weighted by Crippen LogP contribution is 2.28. The van der Waals surface area contributed by atoms with Crippen molar-refractivity contribution in [3.8, 4) is 0 Å². The summed E-state index contributed by atoms with van der Waals surface area (Å²) in [6.07, 6.45) is -1.04. The van der Waals surface area contributed by atoms with Gasteiger partial charge in [-0.25, -0.2) is 9.36 Å². The Labute approximate surface area is 425 Å². The van der Waals surface area contributed by atoms with Crippen LogP contribution in [0.4, 0.5) is 26.3 Å². The average Bonchev–Trinajstić information content (AvgIpc) is 3.80. The van der Waals surface area contributed by atoms with Crippen LogP contribution < -0.4 is 37.1 Å². The second-order valence-corrected chi connectivity index (χ2v) is 19.2. The molecule has 0 radical (unpaired) electrons. The van der Waals surface area contributed by atoms with Crippen molar-refractivity contribution in [3.63, 3.8) is 0 Å². The van der Waals surface area contributed by atoms with Crippen molar-refractivity contribution in [3.05, 3.63) is 65.5 Å². The Kier molecular flexibility index (Phi) is 24.4. The summed E-state index contributed by atoms with van der Waals surface area (Å²) in [4.78, 5) is 105. The topological polar surface area (TPSA) is 302 Å². The molecule has 2 heterocycles. The first-order valence-electron chi connectivity index (χ1n) is 24.0. The molecule has 1 aliphatic heterocycles. The first-order chi connectivity index (χ1) is 34.3. The van der Waals surface area contributed by atoms with E-state index in [1.165, 1.54) is 4.90 Å². The summed E-state index contributed by atoms with van der Waals surface area (Å²) in [7, 11) is 1.85. The molecule has 1 aromatic carbocycles. The molecule has 2 aliphatic rings. The Balaban J connectivity index is 0.00000117. The summed E-state index contributed by atoms with van der Waals surface area (Å²) < 4.78 is 65.1. The quantitative estimate of drug-likeness (QED) is 0.0352. The van der Waals surface area contributed by atoms with Gasteiger partial charge in [0.25, 0.3) is 0 Å². The first-order valence-corrected chi connectivity index (χ1v) is 24.0. The van der Waals surface area contributed by atoms with Gasteiger partial charge in [-0.3, -0.25) is 34.2 Å². The van der Waals surface area contributed by atoms with Crippen LogP contribution in [0.3, 0.4) is 0 Å².